The van der Waals surface area contributed by atoms with Crippen molar-refractivity contribution in [2.75, 3.05) is 5.32 Å². The number of benzene rings is 2. The summed E-state index contributed by atoms with van der Waals surface area (Å²) in [5, 5.41) is 14.5. The van der Waals surface area contributed by atoms with Crippen molar-refractivity contribution in [3.63, 3.8) is 0 Å². The van der Waals surface area contributed by atoms with Crippen LogP contribution in [0.1, 0.15) is 20.3 Å². The second-order valence-electron chi connectivity index (χ2n) is 6.37. The highest BCUT2D eigenvalue weighted by Gasteiger charge is 2.25. The minimum atomic E-state index is -1.06. The van der Waals surface area contributed by atoms with E-state index in [0.717, 1.165) is 5.52 Å². The van der Waals surface area contributed by atoms with Gasteiger partial charge in [-0.1, -0.05) is 38.5 Å². The first-order valence-corrected chi connectivity index (χ1v) is 8.74. The summed E-state index contributed by atoms with van der Waals surface area (Å²) >= 11 is 0. The molecule has 3 N–H and O–H groups in total. The lowest BCUT2D eigenvalue weighted by Crippen LogP contribution is -2.46. The van der Waals surface area contributed by atoms with Crippen molar-refractivity contribution in [3.8, 4) is 11.5 Å². The molecule has 0 saturated heterocycles. The first kappa shape index (κ1) is 18.4. The molecule has 0 spiro atoms. The van der Waals surface area contributed by atoms with E-state index in [2.05, 4.69) is 15.6 Å². The molecule has 0 unspecified atom stereocenters. The third kappa shape index (κ3) is 4.25. The number of oxazole rings is 1. The molecule has 0 bridgehead atoms. The number of aromatic nitrogens is 1. The summed E-state index contributed by atoms with van der Waals surface area (Å²) in [6.45, 7) is 3.66. The minimum absolute atomic E-state index is 0.181. The predicted octanol–water partition coefficient (Wildman–Crippen LogP) is 4.12. The summed E-state index contributed by atoms with van der Waals surface area (Å²) in [5.41, 5.74) is 2.66. The highest BCUT2D eigenvalue weighted by atomic mass is 16.4. The third-order valence-corrected chi connectivity index (χ3v) is 4.43. The minimum Gasteiger partial charge on any atom is -0.480 e. The second-order valence-corrected chi connectivity index (χ2v) is 6.37. The van der Waals surface area contributed by atoms with Crippen LogP contribution in [0.3, 0.4) is 0 Å². The molecule has 2 amide bonds. The summed E-state index contributed by atoms with van der Waals surface area (Å²) < 4.78 is 5.74. The molecule has 0 aliphatic rings. The van der Waals surface area contributed by atoms with Crippen molar-refractivity contribution < 1.29 is 19.1 Å². The molecule has 1 aromatic heterocycles. The van der Waals surface area contributed by atoms with Gasteiger partial charge in [0.2, 0.25) is 5.89 Å². The molecule has 7 nitrogen and oxygen atoms in total. The van der Waals surface area contributed by atoms with Crippen molar-refractivity contribution in [1.82, 2.24) is 10.3 Å². The Balaban J connectivity index is 1.75. The van der Waals surface area contributed by atoms with Gasteiger partial charge in [-0.15, -0.1) is 0 Å². The van der Waals surface area contributed by atoms with Gasteiger partial charge >= 0.3 is 12.0 Å². The van der Waals surface area contributed by atoms with Crippen LogP contribution >= 0.6 is 0 Å². The molecule has 27 heavy (non-hydrogen) atoms. The summed E-state index contributed by atoms with van der Waals surface area (Å²) in [7, 11) is 0. The van der Waals surface area contributed by atoms with E-state index in [4.69, 9.17) is 4.42 Å². The lowest BCUT2D eigenvalue weighted by molar-refractivity contribution is -0.140. The standard InChI is InChI=1S/C20H21N3O4/c1-3-12(2)17(19(24)25)23-20(26)21-14-8-6-7-13(11-14)18-22-15-9-4-5-10-16(15)27-18/h4-12,17H,3H2,1-2H3,(H,24,25)(H2,21,23,26)/t12-,17+/m1/s1. The van der Waals surface area contributed by atoms with Crippen LogP contribution in [0.5, 0.6) is 0 Å². The van der Waals surface area contributed by atoms with Gasteiger partial charge in [0.15, 0.2) is 5.58 Å². The van der Waals surface area contributed by atoms with Crippen LogP contribution in [-0.4, -0.2) is 28.1 Å². The molecule has 140 valence electrons. The van der Waals surface area contributed by atoms with Crippen LogP contribution in [0.4, 0.5) is 10.5 Å². The second kappa shape index (κ2) is 7.90. The Morgan fingerprint density at radius 2 is 1.96 bits per heavy atom. The van der Waals surface area contributed by atoms with E-state index >= 15 is 0 Å². The summed E-state index contributed by atoms with van der Waals surface area (Å²) in [5.74, 6) is -0.790. The normalized spacial score (nSPS) is 13.1. The number of carbonyl (C=O) groups is 2. The Morgan fingerprint density at radius 1 is 1.19 bits per heavy atom. The number of nitrogens with one attached hydrogen (secondary N) is 2. The number of rotatable bonds is 6. The van der Waals surface area contributed by atoms with Crippen LogP contribution in [-0.2, 0) is 4.79 Å². The molecule has 3 rings (SSSR count). The number of hydrogen-bond donors (Lipinski definition) is 3. The van der Waals surface area contributed by atoms with E-state index in [0.29, 0.717) is 29.1 Å². The van der Waals surface area contributed by atoms with E-state index in [1.807, 2.05) is 37.3 Å². The first-order chi connectivity index (χ1) is 13.0. The molecule has 0 radical (unpaired) electrons. The SMILES string of the molecule is CC[C@@H](C)[C@H](NC(=O)Nc1cccc(-c2nc3ccccc3o2)c1)C(=O)O. The molecule has 7 heteroatoms. The Kier molecular flexibility index (Phi) is 5.40. The smallest absolute Gasteiger partial charge is 0.326 e. The van der Waals surface area contributed by atoms with Crippen molar-refractivity contribution >= 4 is 28.8 Å². The van der Waals surface area contributed by atoms with Crippen LogP contribution < -0.4 is 10.6 Å². The van der Waals surface area contributed by atoms with E-state index in [9.17, 15) is 14.7 Å². The number of carboxylic acid groups (broad SMARTS) is 1. The predicted molar refractivity (Wildman–Crippen MR) is 102 cm³/mol. The summed E-state index contributed by atoms with van der Waals surface area (Å²) in [6.07, 6.45) is 0.643. The first-order valence-electron chi connectivity index (χ1n) is 8.74. The number of anilines is 1. The number of aliphatic carboxylic acids is 1. The quantitative estimate of drug-likeness (QED) is 0.608. The highest BCUT2D eigenvalue weighted by Crippen LogP contribution is 2.26. The lowest BCUT2D eigenvalue weighted by atomic mass is 9.99. The number of hydrogen-bond acceptors (Lipinski definition) is 4. The number of urea groups is 1. The average Bonchev–Trinajstić information content (AvgIpc) is 3.10. The van der Waals surface area contributed by atoms with Gasteiger partial charge in [0.25, 0.3) is 0 Å². The molecule has 1 heterocycles. The molecular formula is C20H21N3O4. The topological polar surface area (TPSA) is 104 Å². The fourth-order valence-electron chi connectivity index (χ4n) is 2.72. The number of carbonyl (C=O) groups excluding carboxylic acids is 1. The van der Waals surface area contributed by atoms with E-state index in [1.165, 1.54) is 0 Å². The average molecular weight is 367 g/mol. The van der Waals surface area contributed by atoms with Gasteiger partial charge in [0.1, 0.15) is 11.6 Å². The zero-order valence-corrected chi connectivity index (χ0v) is 15.1. The van der Waals surface area contributed by atoms with Crippen molar-refractivity contribution in [2.45, 2.75) is 26.3 Å². The Hall–Kier alpha value is -3.35. The Labute approximate surface area is 156 Å². The van der Waals surface area contributed by atoms with Gasteiger partial charge < -0.3 is 20.2 Å². The third-order valence-electron chi connectivity index (χ3n) is 4.43. The number of amides is 2. The lowest BCUT2D eigenvalue weighted by Gasteiger charge is -2.20. The molecule has 3 aromatic rings. The number of fused-ring (bicyclic) bond motifs is 1. The van der Waals surface area contributed by atoms with E-state index < -0.39 is 18.0 Å². The fraction of sp³-hybridized carbons (Fsp3) is 0.250. The van der Waals surface area contributed by atoms with Crippen LogP contribution in [0, 0.1) is 5.92 Å². The Morgan fingerprint density at radius 3 is 2.67 bits per heavy atom. The zero-order chi connectivity index (χ0) is 19.4. The monoisotopic (exact) mass is 367 g/mol. The summed E-state index contributed by atoms with van der Waals surface area (Å²) in [4.78, 5) is 28.0. The molecule has 2 aromatic carbocycles. The van der Waals surface area contributed by atoms with Gasteiger partial charge in [0, 0.05) is 11.3 Å². The fourth-order valence-corrected chi connectivity index (χ4v) is 2.72. The largest absolute Gasteiger partial charge is 0.480 e. The van der Waals surface area contributed by atoms with Gasteiger partial charge in [0.05, 0.1) is 0 Å². The molecule has 0 aliphatic heterocycles. The number of nitrogens with zero attached hydrogens (tertiary/aromatic N) is 1. The van der Waals surface area contributed by atoms with Crippen molar-refractivity contribution in [1.29, 1.82) is 0 Å². The van der Waals surface area contributed by atoms with Crippen molar-refractivity contribution in [2.24, 2.45) is 5.92 Å². The van der Waals surface area contributed by atoms with Crippen molar-refractivity contribution in [3.05, 3.63) is 48.5 Å². The highest BCUT2D eigenvalue weighted by molar-refractivity contribution is 5.93. The van der Waals surface area contributed by atoms with Crippen LogP contribution in [0.25, 0.3) is 22.6 Å². The maximum Gasteiger partial charge on any atom is 0.326 e. The molecule has 0 aliphatic carbocycles. The molecule has 0 fully saturated rings. The summed E-state index contributed by atoms with van der Waals surface area (Å²) in [6, 6.07) is 13.0. The van der Waals surface area contributed by atoms with Gasteiger partial charge in [-0.25, -0.2) is 14.6 Å². The van der Waals surface area contributed by atoms with Gasteiger partial charge in [-0.05, 0) is 36.2 Å². The van der Waals surface area contributed by atoms with Gasteiger partial charge in [-0.2, -0.15) is 0 Å². The van der Waals surface area contributed by atoms with Gasteiger partial charge in [-0.3, -0.25) is 0 Å². The maximum atomic E-state index is 12.2. The van der Waals surface area contributed by atoms with E-state index in [1.54, 1.807) is 25.1 Å². The van der Waals surface area contributed by atoms with E-state index in [-0.39, 0.29) is 5.92 Å². The maximum absolute atomic E-state index is 12.2. The number of para-hydroxylation sites is 2. The number of carboxylic acids is 1. The zero-order valence-electron chi connectivity index (χ0n) is 15.1. The molecule has 0 saturated carbocycles. The van der Waals surface area contributed by atoms with Crippen LogP contribution in [0.2, 0.25) is 0 Å². The molecular weight excluding hydrogens is 346 g/mol. The van der Waals surface area contributed by atoms with Crippen LogP contribution in [0.15, 0.2) is 52.9 Å². The Bertz CT molecular complexity index is 934. The molecule has 2 atom stereocenters.